The van der Waals surface area contributed by atoms with Crippen LogP contribution < -0.4 is 5.32 Å². The van der Waals surface area contributed by atoms with E-state index in [1.807, 2.05) is 13.8 Å². The van der Waals surface area contributed by atoms with Gasteiger partial charge in [-0.15, -0.1) is 0 Å². The molecule has 0 radical (unpaired) electrons. The lowest BCUT2D eigenvalue weighted by atomic mass is 9.95. The summed E-state index contributed by atoms with van der Waals surface area (Å²) in [6.07, 6.45) is 1.07. The van der Waals surface area contributed by atoms with Gasteiger partial charge in [0.25, 0.3) is 0 Å². The van der Waals surface area contributed by atoms with Crippen LogP contribution in [0.2, 0.25) is 0 Å². The fourth-order valence-electron chi connectivity index (χ4n) is 2.18. The molecule has 2 rings (SSSR count). The third kappa shape index (κ3) is 3.41. The highest BCUT2D eigenvalue weighted by Crippen LogP contribution is 2.32. The molecular formula is C15H22N4OS. The van der Waals surface area contributed by atoms with Crippen LogP contribution in [0.5, 0.6) is 0 Å². The fourth-order valence-corrected chi connectivity index (χ4v) is 3.49. The molecule has 1 aromatic rings. The van der Waals surface area contributed by atoms with Crippen LogP contribution in [0.15, 0.2) is 4.90 Å². The zero-order valence-corrected chi connectivity index (χ0v) is 14.1. The molecule has 0 bridgehead atoms. The summed E-state index contributed by atoms with van der Waals surface area (Å²) in [4.78, 5) is 9.93. The minimum atomic E-state index is -1.05. The minimum absolute atomic E-state index is 0.172. The van der Waals surface area contributed by atoms with Gasteiger partial charge in [-0.2, -0.15) is 5.26 Å². The molecule has 1 aromatic heterocycles. The van der Waals surface area contributed by atoms with Gasteiger partial charge in [0.1, 0.15) is 16.5 Å². The van der Waals surface area contributed by atoms with Crippen LogP contribution in [0, 0.1) is 11.3 Å². The van der Waals surface area contributed by atoms with Crippen LogP contribution >= 0.6 is 0 Å². The second-order valence-electron chi connectivity index (χ2n) is 7.07. The molecule has 0 fully saturated rings. The molecule has 1 N–H and O–H groups in total. The molecule has 1 aliphatic heterocycles. The highest BCUT2D eigenvalue weighted by atomic mass is 32.2. The molecule has 1 unspecified atom stereocenters. The summed E-state index contributed by atoms with van der Waals surface area (Å²) in [5.74, 6) is 1.97. The molecular weight excluding hydrogens is 284 g/mol. The molecule has 0 aromatic carbocycles. The molecule has 0 saturated carbocycles. The van der Waals surface area contributed by atoms with E-state index in [-0.39, 0.29) is 5.41 Å². The van der Waals surface area contributed by atoms with Crippen LogP contribution in [0.4, 0.5) is 5.82 Å². The van der Waals surface area contributed by atoms with E-state index < -0.39 is 16.3 Å². The number of nitriles is 1. The molecule has 2 heterocycles. The van der Waals surface area contributed by atoms with Gasteiger partial charge in [0, 0.05) is 23.1 Å². The Morgan fingerprint density at radius 2 is 1.95 bits per heavy atom. The average Bonchev–Trinajstić information content (AvgIpc) is 2.69. The lowest BCUT2D eigenvalue weighted by molar-refractivity contribution is 0.533. The Morgan fingerprint density at radius 1 is 1.29 bits per heavy atom. The van der Waals surface area contributed by atoms with E-state index in [0.717, 1.165) is 17.9 Å². The smallest absolute Gasteiger partial charge is 0.146 e. The summed E-state index contributed by atoms with van der Waals surface area (Å²) in [7, 11) is -1.05. The Balaban J connectivity index is 2.51. The normalized spacial score (nSPS) is 18.2. The van der Waals surface area contributed by atoms with Crippen molar-refractivity contribution in [3.8, 4) is 6.07 Å². The molecule has 114 valence electrons. The highest BCUT2D eigenvalue weighted by molar-refractivity contribution is 7.85. The number of aryl methyl sites for hydroxylation is 1. The van der Waals surface area contributed by atoms with Crippen LogP contribution in [0.3, 0.4) is 0 Å². The van der Waals surface area contributed by atoms with Gasteiger partial charge in [-0.3, -0.25) is 4.21 Å². The van der Waals surface area contributed by atoms with E-state index in [9.17, 15) is 4.21 Å². The number of hydrogen-bond acceptors (Lipinski definition) is 5. The number of nitrogens with one attached hydrogen (secondary N) is 1. The number of rotatable bonds is 3. The van der Waals surface area contributed by atoms with Gasteiger partial charge in [-0.1, -0.05) is 20.8 Å². The van der Waals surface area contributed by atoms with Crippen molar-refractivity contribution < 1.29 is 4.21 Å². The van der Waals surface area contributed by atoms with Crippen molar-refractivity contribution in [2.24, 2.45) is 0 Å². The average molecular weight is 306 g/mol. The van der Waals surface area contributed by atoms with E-state index in [1.54, 1.807) is 0 Å². The maximum absolute atomic E-state index is 12.2. The van der Waals surface area contributed by atoms with Crippen molar-refractivity contribution in [2.45, 2.75) is 63.3 Å². The summed E-state index contributed by atoms with van der Waals surface area (Å²) >= 11 is 0. The lowest BCUT2D eigenvalue weighted by Gasteiger charge is -2.26. The predicted octanol–water partition coefficient (Wildman–Crippen LogP) is 2.54. The van der Waals surface area contributed by atoms with E-state index in [2.05, 4.69) is 42.1 Å². The Bertz CT molecular complexity index is 626. The zero-order chi connectivity index (χ0) is 15.8. The molecule has 1 atom stereocenters. The Labute approximate surface area is 128 Å². The van der Waals surface area contributed by atoms with Crippen molar-refractivity contribution in [3.05, 3.63) is 11.5 Å². The Kier molecular flexibility index (Phi) is 4.07. The third-order valence-electron chi connectivity index (χ3n) is 3.34. The first-order valence-corrected chi connectivity index (χ1v) is 8.41. The lowest BCUT2D eigenvalue weighted by Crippen LogP contribution is -2.32. The molecule has 0 saturated heterocycles. The van der Waals surface area contributed by atoms with Crippen molar-refractivity contribution >= 4 is 16.6 Å². The van der Waals surface area contributed by atoms with Crippen LogP contribution in [0.1, 0.15) is 52.6 Å². The zero-order valence-electron chi connectivity index (χ0n) is 13.3. The second-order valence-corrected chi connectivity index (χ2v) is 8.57. The third-order valence-corrected chi connectivity index (χ3v) is 4.80. The number of nitrogens with zero attached hydrogens (tertiary/aromatic N) is 3. The molecule has 1 aliphatic rings. The summed E-state index contributed by atoms with van der Waals surface area (Å²) in [5, 5.41) is 12.2. The van der Waals surface area contributed by atoms with Gasteiger partial charge in [0.05, 0.1) is 29.0 Å². The number of fused-ring (bicyclic) bond motifs is 1. The number of anilines is 1. The Hall–Kier alpha value is -1.48. The van der Waals surface area contributed by atoms with Gasteiger partial charge < -0.3 is 5.32 Å². The molecule has 21 heavy (non-hydrogen) atoms. The standard InChI is InChI=1S/C15H22N4OS/c1-14(2,3)13-17-10-6-9-21(20)11(10)12(18-13)19-15(4,5)7-8-16/h6-7,9H2,1-5H3,(H,17,18,19). The summed E-state index contributed by atoms with van der Waals surface area (Å²) < 4.78 is 12.2. The van der Waals surface area contributed by atoms with Crippen molar-refractivity contribution in [1.29, 1.82) is 5.26 Å². The first-order valence-electron chi connectivity index (χ1n) is 7.09. The first-order chi connectivity index (χ1) is 9.64. The largest absolute Gasteiger partial charge is 0.363 e. The van der Waals surface area contributed by atoms with Gasteiger partial charge in [-0.05, 0) is 13.8 Å². The fraction of sp³-hybridized carbons (Fsp3) is 0.667. The number of aromatic nitrogens is 2. The monoisotopic (exact) mass is 306 g/mol. The molecule has 0 aliphatic carbocycles. The summed E-state index contributed by atoms with van der Waals surface area (Å²) in [5.41, 5.74) is 0.289. The summed E-state index contributed by atoms with van der Waals surface area (Å²) in [6.45, 7) is 10.1. The number of hydrogen-bond donors (Lipinski definition) is 1. The SMILES string of the molecule is CC(C)(CC#N)Nc1nc(C(C)(C)C)nc2c1S(=O)CC2. The van der Waals surface area contributed by atoms with Gasteiger partial charge in [0.15, 0.2) is 0 Å². The van der Waals surface area contributed by atoms with Crippen molar-refractivity contribution in [3.63, 3.8) is 0 Å². The molecule has 0 spiro atoms. The van der Waals surface area contributed by atoms with Gasteiger partial charge in [-0.25, -0.2) is 9.97 Å². The predicted molar refractivity (Wildman–Crippen MR) is 83.6 cm³/mol. The maximum Gasteiger partial charge on any atom is 0.146 e. The summed E-state index contributed by atoms with van der Waals surface area (Å²) in [6, 6.07) is 2.17. The van der Waals surface area contributed by atoms with Crippen molar-refractivity contribution in [1.82, 2.24) is 9.97 Å². The van der Waals surface area contributed by atoms with E-state index >= 15 is 0 Å². The molecule has 6 heteroatoms. The van der Waals surface area contributed by atoms with E-state index in [0.29, 0.717) is 22.9 Å². The van der Waals surface area contributed by atoms with Crippen molar-refractivity contribution in [2.75, 3.05) is 11.1 Å². The van der Waals surface area contributed by atoms with Crippen LogP contribution in [-0.2, 0) is 22.6 Å². The van der Waals surface area contributed by atoms with Gasteiger partial charge in [0.2, 0.25) is 0 Å². The first kappa shape index (κ1) is 15.9. The van der Waals surface area contributed by atoms with E-state index in [4.69, 9.17) is 5.26 Å². The minimum Gasteiger partial charge on any atom is -0.363 e. The van der Waals surface area contributed by atoms with Crippen LogP contribution in [-0.4, -0.2) is 25.5 Å². The topological polar surface area (TPSA) is 78.7 Å². The Morgan fingerprint density at radius 3 is 2.52 bits per heavy atom. The highest BCUT2D eigenvalue weighted by Gasteiger charge is 2.31. The van der Waals surface area contributed by atoms with Gasteiger partial charge >= 0.3 is 0 Å². The quantitative estimate of drug-likeness (QED) is 0.928. The molecule has 0 amide bonds. The van der Waals surface area contributed by atoms with Crippen LogP contribution in [0.25, 0.3) is 0 Å². The second kappa shape index (κ2) is 5.38. The van der Waals surface area contributed by atoms with E-state index in [1.165, 1.54) is 0 Å². The molecule has 5 nitrogen and oxygen atoms in total. The maximum atomic E-state index is 12.2.